The third kappa shape index (κ3) is 3.52. The Morgan fingerprint density at radius 1 is 1.14 bits per heavy atom. The molecule has 116 valence electrons. The van der Waals surface area contributed by atoms with Crippen molar-refractivity contribution >= 4 is 12.4 Å². The Hall–Kier alpha value is -0.790. The molecule has 1 N–H and O–H groups in total. The number of rotatable bonds is 4. The van der Waals surface area contributed by atoms with Gasteiger partial charge in [0.05, 0.1) is 0 Å². The SMILES string of the molecule is C=CCNC1C2CCCC1C(c1ccc(C)cc1)CC2.Cl. The van der Waals surface area contributed by atoms with Crippen LogP contribution in [0.1, 0.15) is 49.1 Å². The average molecular weight is 306 g/mol. The molecule has 2 aliphatic rings. The fourth-order valence-corrected chi connectivity index (χ4v) is 4.47. The minimum Gasteiger partial charge on any atom is -0.310 e. The maximum Gasteiger partial charge on any atom is 0.0135 e. The third-order valence-corrected chi connectivity index (χ3v) is 5.45. The molecule has 4 atom stereocenters. The van der Waals surface area contributed by atoms with E-state index in [1.54, 1.807) is 5.56 Å². The van der Waals surface area contributed by atoms with Crippen LogP contribution < -0.4 is 5.32 Å². The van der Waals surface area contributed by atoms with E-state index in [4.69, 9.17) is 0 Å². The van der Waals surface area contributed by atoms with Gasteiger partial charge in [-0.2, -0.15) is 0 Å². The maximum atomic E-state index is 3.86. The summed E-state index contributed by atoms with van der Waals surface area (Å²) in [5, 5.41) is 3.77. The Balaban J connectivity index is 0.00000161. The molecule has 2 saturated carbocycles. The molecule has 4 unspecified atom stereocenters. The van der Waals surface area contributed by atoms with Gasteiger partial charge in [0.15, 0.2) is 0 Å². The van der Waals surface area contributed by atoms with E-state index in [0.29, 0.717) is 6.04 Å². The third-order valence-electron chi connectivity index (χ3n) is 5.45. The molecule has 21 heavy (non-hydrogen) atoms. The van der Waals surface area contributed by atoms with Gasteiger partial charge in [-0.3, -0.25) is 0 Å². The topological polar surface area (TPSA) is 12.0 Å². The van der Waals surface area contributed by atoms with Gasteiger partial charge in [-0.15, -0.1) is 19.0 Å². The standard InChI is InChI=1S/C19H27N.ClH/c1-3-13-20-19-16-5-4-6-18(19)17(12-11-16)15-9-7-14(2)8-10-15;/h3,7-10,16-20H,1,4-6,11-13H2,2H3;1H. The summed E-state index contributed by atoms with van der Waals surface area (Å²) in [6.07, 6.45) is 9.01. The Bertz CT molecular complexity index is 453. The fraction of sp³-hybridized carbons (Fsp3) is 0.579. The van der Waals surface area contributed by atoms with E-state index < -0.39 is 0 Å². The molecule has 1 aromatic rings. The molecule has 2 fully saturated rings. The molecule has 0 aromatic heterocycles. The first-order chi connectivity index (χ1) is 9.79. The molecule has 1 aromatic carbocycles. The van der Waals surface area contributed by atoms with Crippen LogP contribution in [0, 0.1) is 18.8 Å². The lowest BCUT2D eigenvalue weighted by Crippen LogP contribution is -2.49. The van der Waals surface area contributed by atoms with Gasteiger partial charge >= 0.3 is 0 Å². The second-order valence-corrected chi connectivity index (χ2v) is 6.67. The summed E-state index contributed by atoms with van der Waals surface area (Å²) in [5.41, 5.74) is 2.93. The number of hydrogen-bond acceptors (Lipinski definition) is 1. The number of hydrogen-bond donors (Lipinski definition) is 1. The van der Waals surface area contributed by atoms with Crippen molar-refractivity contribution in [3.05, 3.63) is 48.0 Å². The molecule has 0 aliphatic heterocycles. The molecular formula is C19H28ClN. The first-order valence-corrected chi connectivity index (χ1v) is 8.20. The first-order valence-electron chi connectivity index (χ1n) is 8.20. The Labute approximate surface area is 135 Å². The van der Waals surface area contributed by atoms with E-state index in [0.717, 1.165) is 24.3 Å². The zero-order chi connectivity index (χ0) is 13.9. The van der Waals surface area contributed by atoms with Crippen molar-refractivity contribution in [3.63, 3.8) is 0 Å². The largest absolute Gasteiger partial charge is 0.310 e. The summed E-state index contributed by atoms with van der Waals surface area (Å²) in [6, 6.07) is 9.98. The normalized spacial score (nSPS) is 31.3. The summed E-state index contributed by atoms with van der Waals surface area (Å²) >= 11 is 0. The number of aryl methyl sites for hydroxylation is 1. The summed E-state index contributed by atoms with van der Waals surface area (Å²) in [6.45, 7) is 7.00. The molecule has 0 amide bonds. The summed E-state index contributed by atoms with van der Waals surface area (Å²) in [5.74, 6) is 2.48. The van der Waals surface area contributed by atoms with E-state index in [1.165, 1.54) is 37.7 Å². The molecule has 0 heterocycles. The van der Waals surface area contributed by atoms with Crippen molar-refractivity contribution in [2.75, 3.05) is 6.54 Å². The number of fused-ring (bicyclic) bond motifs is 2. The van der Waals surface area contributed by atoms with Gasteiger partial charge in [0.2, 0.25) is 0 Å². The van der Waals surface area contributed by atoms with Crippen molar-refractivity contribution in [2.45, 2.75) is 51.0 Å². The van der Waals surface area contributed by atoms with Crippen LogP contribution in [-0.2, 0) is 0 Å². The van der Waals surface area contributed by atoms with Crippen LogP contribution in [0.15, 0.2) is 36.9 Å². The quantitative estimate of drug-likeness (QED) is 0.784. The van der Waals surface area contributed by atoms with Gasteiger partial charge in [-0.1, -0.05) is 42.3 Å². The zero-order valence-corrected chi connectivity index (χ0v) is 13.9. The molecule has 2 heteroatoms. The number of benzene rings is 1. The predicted octanol–water partition coefficient (Wildman–Crippen LogP) is 4.85. The van der Waals surface area contributed by atoms with E-state index >= 15 is 0 Å². The van der Waals surface area contributed by atoms with Crippen LogP contribution in [0.4, 0.5) is 0 Å². The van der Waals surface area contributed by atoms with Gasteiger partial charge in [-0.25, -0.2) is 0 Å². The van der Waals surface area contributed by atoms with Gasteiger partial charge in [0, 0.05) is 12.6 Å². The highest BCUT2D eigenvalue weighted by Crippen LogP contribution is 2.47. The second-order valence-electron chi connectivity index (χ2n) is 6.67. The molecule has 3 rings (SSSR count). The summed E-state index contributed by atoms with van der Waals surface area (Å²) < 4.78 is 0. The summed E-state index contributed by atoms with van der Waals surface area (Å²) in [7, 11) is 0. The first kappa shape index (κ1) is 16.6. The van der Waals surface area contributed by atoms with Crippen molar-refractivity contribution in [3.8, 4) is 0 Å². The lowest BCUT2D eigenvalue weighted by atomic mass is 9.62. The molecule has 0 radical (unpaired) electrons. The number of nitrogens with one attached hydrogen (secondary N) is 1. The Kier molecular flexibility index (Phi) is 5.89. The van der Waals surface area contributed by atoms with E-state index in [1.807, 2.05) is 6.08 Å². The van der Waals surface area contributed by atoms with Gasteiger partial charge in [0.25, 0.3) is 0 Å². The predicted molar refractivity (Wildman–Crippen MR) is 93.2 cm³/mol. The van der Waals surface area contributed by atoms with Crippen LogP contribution in [0.3, 0.4) is 0 Å². The molecule has 2 bridgehead atoms. The van der Waals surface area contributed by atoms with Crippen molar-refractivity contribution < 1.29 is 0 Å². The average Bonchev–Trinajstić information content (AvgIpc) is 2.46. The van der Waals surface area contributed by atoms with Gasteiger partial charge < -0.3 is 5.32 Å². The van der Waals surface area contributed by atoms with Crippen LogP contribution in [0.25, 0.3) is 0 Å². The lowest BCUT2D eigenvalue weighted by Gasteiger charge is -2.47. The van der Waals surface area contributed by atoms with E-state index in [2.05, 4.69) is 43.1 Å². The van der Waals surface area contributed by atoms with Crippen LogP contribution >= 0.6 is 12.4 Å². The fourth-order valence-electron chi connectivity index (χ4n) is 4.47. The van der Waals surface area contributed by atoms with E-state index in [-0.39, 0.29) is 12.4 Å². The monoisotopic (exact) mass is 305 g/mol. The maximum absolute atomic E-state index is 3.86. The minimum absolute atomic E-state index is 0. The summed E-state index contributed by atoms with van der Waals surface area (Å²) in [4.78, 5) is 0. The molecular weight excluding hydrogens is 278 g/mol. The lowest BCUT2D eigenvalue weighted by molar-refractivity contribution is 0.105. The zero-order valence-electron chi connectivity index (χ0n) is 13.1. The second kappa shape index (κ2) is 7.47. The molecule has 2 aliphatic carbocycles. The Morgan fingerprint density at radius 3 is 2.62 bits per heavy atom. The smallest absolute Gasteiger partial charge is 0.0135 e. The molecule has 0 spiro atoms. The minimum atomic E-state index is 0. The van der Waals surface area contributed by atoms with Crippen LogP contribution in [0.2, 0.25) is 0 Å². The Morgan fingerprint density at radius 2 is 1.90 bits per heavy atom. The molecule has 0 saturated heterocycles. The molecule has 1 nitrogen and oxygen atoms in total. The van der Waals surface area contributed by atoms with Gasteiger partial charge in [-0.05, 0) is 55.9 Å². The van der Waals surface area contributed by atoms with Crippen molar-refractivity contribution in [2.24, 2.45) is 11.8 Å². The number of halogens is 1. The van der Waals surface area contributed by atoms with Crippen molar-refractivity contribution in [1.82, 2.24) is 5.32 Å². The highest BCUT2D eigenvalue weighted by Gasteiger charge is 2.41. The van der Waals surface area contributed by atoms with Crippen molar-refractivity contribution in [1.29, 1.82) is 0 Å². The van der Waals surface area contributed by atoms with Crippen LogP contribution in [0.5, 0.6) is 0 Å². The van der Waals surface area contributed by atoms with Crippen LogP contribution in [-0.4, -0.2) is 12.6 Å². The van der Waals surface area contributed by atoms with E-state index in [9.17, 15) is 0 Å². The highest BCUT2D eigenvalue weighted by atomic mass is 35.5. The highest BCUT2D eigenvalue weighted by molar-refractivity contribution is 5.85. The van der Waals surface area contributed by atoms with Gasteiger partial charge in [0.1, 0.15) is 0 Å².